The molecule has 0 aliphatic rings. The van der Waals surface area contributed by atoms with Crippen LogP contribution in [0, 0.1) is 11.6 Å². The van der Waals surface area contributed by atoms with Crippen LogP contribution in [0.25, 0.3) is 6.08 Å². The SMILES string of the molecule is COC(=O)CC=Cc1cc(F)c(C(=O)OC)c(F)c1. The van der Waals surface area contributed by atoms with Gasteiger partial charge in [0, 0.05) is 0 Å². The highest BCUT2D eigenvalue weighted by Gasteiger charge is 2.18. The van der Waals surface area contributed by atoms with Gasteiger partial charge in [0.15, 0.2) is 0 Å². The van der Waals surface area contributed by atoms with E-state index in [9.17, 15) is 18.4 Å². The fourth-order valence-electron chi connectivity index (χ4n) is 1.36. The number of ether oxygens (including phenoxy) is 2. The molecule has 0 N–H and O–H groups in total. The number of rotatable bonds is 4. The van der Waals surface area contributed by atoms with E-state index in [1.165, 1.54) is 19.3 Å². The van der Waals surface area contributed by atoms with Gasteiger partial charge in [-0.2, -0.15) is 0 Å². The predicted octanol–water partition coefficient (Wildman–Crippen LogP) is 2.33. The van der Waals surface area contributed by atoms with Crippen molar-refractivity contribution in [3.63, 3.8) is 0 Å². The minimum Gasteiger partial charge on any atom is -0.469 e. The zero-order valence-electron chi connectivity index (χ0n) is 10.4. The fourth-order valence-corrected chi connectivity index (χ4v) is 1.36. The lowest BCUT2D eigenvalue weighted by Crippen LogP contribution is -2.08. The Morgan fingerprint density at radius 2 is 1.74 bits per heavy atom. The van der Waals surface area contributed by atoms with E-state index in [0.29, 0.717) is 0 Å². The summed E-state index contributed by atoms with van der Waals surface area (Å²) in [5, 5.41) is 0. The smallest absolute Gasteiger partial charge is 0.343 e. The minimum absolute atomic E-state index is 0.0154. The van der Waals surface area contributed by atoms with Gasteiger partial charge < -0.3 is 9.47 Å². The normalized spacial score (nSPS) is 10.5. The van der Waals surface area contributed by atoms with Gasteiger partial charge in [-0.1, -0.05) is 12.2 Å². The van der Waals surface area contributed by atoms with E-state index >= 15 is 0 Å². The third kappa shape index (κ3) is 3.87. The number of hydrogen-bond acceptors (Lipinski definition) is 4. The quantitative estimate of drug-likeness (QED) is 0.788. The van der Waals surface area contributed by atoms with Crippen LogP contribution in [0.1, 0.15) is 22.3 Å². The molecule has 1 aromatic rings. The molecule has 0 atom stereocenters. The number of carbonyl (C=O) groups excluding carboxylic acids is 2. The number of benzene rings is 1. The first-order chi connectivity index (χ1) is 8.99. The molecule has 0 aromatic heterocycles. The van der Waals surface area contributed by atoms with E-state index in [-0.39, 0.29) is 12.0 Å². The van der Waals surface area contributed by atoms with Crippen molar-refractivity contribution in [1.29, 1.82) is 0 Å². The Balaban J connectivity index is 2.95. The van der Waals surface area contributed by atoms with E-state index in [0.717, 1.165) is 19.2 Å². The third-order valence-corrected chi connectivity index (χ3v) is 2.28. The number of carbonyl (C=O) groups is 2. The monoisotopic (exact) mass is 270 g/mol. The summed E-state index contributed by atoms with van der Waals surface area (Å²) >= 11 is 0. The predicted molar refractivity (Wildman–Crippen MR) is 63.4 cm³/mol. The average molecular weight is 270 g/mol. The highest BCUT2D eigenvalue weighted by Crippen LogP contribution is 2.17. The van der Waals surface area contributed by atoms with E-state index < -0.39 is 29.1 Å². The second-order valence-corrected chi connectivity index (χ2v) is 3.53. The van der Waals surface area contributed by atoms with Crippen LogP contribution < -0.4 is 0 Å². The summed E-state index contributed by atoms with van der Waals surface area (Å²) in [6.45, 7) is 0. The Kier molecular flexibility index (Phi) is 5.17. The number of methoxy groups -OCH3 is 2. The van der Waals surface area contributed by atoms with Crippen molar-refractivity contribution in [2.75, 3.05) is 14.2 Å². The lowest BCUT2D eigenvalue weighted by Gasteiger charge is -2.04. The highest BCUT2D eigenvalue weighted by atomic mass is 19.1. The van der Waals surface area contributed by atoms with Crippen molar-refractivity contribution in [2.45, 2.75) is 6.42 Å². The number of esters is 2. The van der Waals surface area contributed by atoms with Gasteiger partial charge >= 0.3 is 11.9 Å². The molecule has 1 rings (SSSR count). The average Bonchev–Trinajstić information content (AvgIpc) is 2.37. The van der Waals surface area contributed by atoms with Crippen LogP contribution >= 0.6 is 0 Å². The van der Waals surface area contributed by atoms with Gasteiger partial charge in [0.05, 0.1) is 20.6 Å². The second-order valence-electron chi connectivity index (χ2n) is 3.53. The molecule has 0 unspecified atom stereocenters. The lowest BCUT2D eigenvalue weighted by atomic mass is 10.1. The van der Waals surface area contributed by atoms with Crippen LogP contribution in [0.15, 0.2) is 18.2 Å². The van der Waals surface area contributed by atoms with Gasteiger partial charge in [0.25, 0.3) is 0 Å². The summed E-state index contributed by atoms with van der Waals surface area (Å²) in [5.41, 5.74) is -0.556. The summed E-state index contributed by atoms with van der Waals surface area (Å²) in [7, 11) is 2.27. The molecule has 0 saturated carbocycles. The Hall–Kier alpha value is -2.24. The van der Waals surface area contributed by atoms with Crippen molar-refractivity contribution in [2.24, 2.45) is 0 Å². The molecule has 0 aliphatic carbocycles. The second kappa shape index (κ2) is 6.63. The lowest BCUT2D eigenvalue weighted by molar-refractivity contribution is -0.139. The maximum Gasteiger partial charge on any atom is 0.343 e. The van der Waals surface area contributed by atoms with E-state index in [2.05, 4.69) is 9.47 Å². The third-order valence-electron chi connectivity index (χ3n) is 2.28. The van der Waals surface area contributed by atoms with Crippen molar-refractivity contribution in [3.8, 4) is 0 Å². The van der Waals surface area contributed by atoms with Crippen LogP contribution in [0.2, 0.25) is 0 Å². The van der Waals surface area contributed by atoms with Gasteiger partial charge in [0.1, 0.15) is 17.2 Å². The Labute approximate surface area is 108 Å². The molecule has 1 aromatic carbocycles. The van der Waals surface area contributed by atoms with Crippen LogP contribution in [-0.2, 0) is 14.3 Å². The fraction of sp³-hybridized carbons (Fsp3) is 0.231. The van der Waals surface area contributed by atoms with E-state index in [1.54, 1.807) is 0 Å². The maximum atomic E-state index is 13.5. The molecule has 4 nitrogen and oxygen atoms in total. The number of halogens is 2. The standard InChI is InChI=1S/C13H12F2O4/c1-18-11(16)5-3-4-8-6-9(14)12(10(15)7-8)13(17)19-2/h3-4,6-7H,5H2,1-2H3. The van der Waals surface area contributed by atoms with Crippen LogP contribution in [0.4, 0.5) is 8.78 Å². The zero-order chi connectivity index (χ0) is 14.4. The Morgan fingerprint density at radius 1 is 1.16 bits per heavy atom. The number of hydrogen-bond donors (Lipinski definition) is 0. The first-order valence-corrected chi connectivity index (χ1v) is 5.30. The van der Waals surface area contributed by atoms with Gasteiger partial charge in [0.2, 0.25) is 0 Å². The summed E-state index contributed by atoms with van der Waals surface area (Å²) in [6.07, 6.45) is 2.74. The van der Waals surface area contributed by atoms with Gasteiger partial charge in [-0.3, -0.25) is 4.79 Å². The molecule has 0 heterocycles. The molecule has 0 amide bonds. The molecule has 6 heteroatoms. The highest BCUT2D eigenvalue weighted by molar-refractivity contribution is 5.90. The molecule has 0 saturated heterocycles. The van der Waals surface area contributed by atoms with Crippen molar-refractivity contribution in [1.82, 2.24) is 0 Å². The van der Waals surface area contributed by atoms with Crippen LogP contribution in [0.5, 0.6) is 0 Å². The minimum atomic E-state index is -1.08. The topological polar surface area (TPSA) is 52.6 Å². The summed E-state index contributed by atoms with van der Waals surface area (Å²) < 4.78 is 35.7. The Bertz CT molecular complexity index is 500. The molecule has 0 spiro atoms. The summed E-state index contributed by atoms with van der Waals surface area (Å²) in [5.74, 6) is -3.60. The molecule has 0 aliphatic heterocycles. The van der Waals surface area contributed by atoms with Crippen molar-refractivity contribution in [3.05, 3.63) is 41.0 Å². The largest absolute Gasteiger partial charge is 0.469 e. The van der Waals surface area contributed by atoms with Gasteiger partial charge in [-0.15, -0.1) is 0 Å². The van der Waals surface area contributed by atoms with Crippen molar-refractivity contribution < 1.29 is 27.8 Å². The first kappa shape index (κ1) is 14.8. The molecule has 0 radical (unpaired) electrons. The van der Waals surface area contributed by atoms with E-state index in [4.69, 9.17) is 0 Å². The summed E-state index contributed by atoms with van der Waals surface area (Å²) in [4.78, 5) is 22.0. The van der Waals surface area contributed by atoms with Gasteiger partial charge in [-0.05, 0) is 17.7 Å². The first-order valence-electron chi connectivity index (χ1n) is 5.30. The summed E-state index contributed by atoms with van der Waals surface area (Å²) in [6, 6.07) is 1.95. The van der Waals surface area contributed by atoms with Gasteiger partial charge in [-0.25, -0.2) is 13.6 Å². The van der Waals surface area contributed by atoms with Crippen LogP contribution in [-0.4, -0.2) is 26.2 Å². The van der Waals surface area contributed by atoms with E-state index in [1.807, 2.05) is 0 Å². The molecular formula is C13H12F2O4. The molecule has 102 valence electrons. The molecule has 0 bridgehead atoms. The maximum absolute atomic E-state index is 13.5. The van der Waals surface area contributed by atoms with Crippen LogP contribution in [0.3, 0.4) is 0 Å². The molecule has 19 heavy (non-hydrogen) atoms. The van der Waals surface area contributed by atoms with Crippen molar-refractivity contribution >= 4 is 18.0 Å². The molecular weight excluding hydrogens is 258 g/mol. The Morgan fingerprint density at radius 3 is 2.21 bits per heavy atom. The zero-order valence-corrected chi connectivity index (χ0v) is 10.4. The molecule has 0 fully saturated rings.